The normalized spacial score (nSPS) is 24.0. The van der Waals surface area contributed by atoms with Crippen molar-refractivity contribution in [2.45, 2.75) is 24.0 Å². The van der Waals surface area contributed by atoms with Crippen LogP contribution in [-0.2, 0) is 5.75 Å². The van der Waals surface area contributed by atoms with Gasteiger partial charge in [0.15, 0.2) is 0 Å². The van der Waals surface area contributed by atoms with Gasteiger partial charge in [-0.3, -0.25) is 0 Å². The predicted octanol–water partition coefficient (Wildman–Crippen LogP) is 3.35. The van der Waals surface area contributed by atoms with Gasteiger partial charge in [0, 0.05) is 27.1 Å². The number of methoxy groups -OCH3 is 1. The second-order valence-electron chi connectivity index (χ2n) is 3.92. The predicted molar refractivity (Wildman–Crippen MR) is 73.3 cm³/mol. The summed E-state index contributed by atoms with van der Waals surface area (Å²) in [5.74, 6) is 2.04. The molecule has 1 aromatic carbocycles. The summed E-state index contributed by atoms with van der Waals surface area (Å²) in [4.78, 5) is 0. The van der Waals surface area contributed by atoms with Crippen LogP contribution < -0.4 is 10.1 Å². The van der Waals surface area contributed by atoms with Crippen LogP contribution in [0.5, 0.6) is 5.75 Å². The summed E-state index contributed by atoms with van der Waals surface area (Å²) in [6, 6.07) is 4.47. The van der Waals surface area contributed by atoms with Crippen molar-refractivity contribution >= 4 is 27.7 Å². The number of fused-ring (bicyclic) bond motifs is 1. The van der Waals surface area contributed by atoms with Crippen LogP contribution in [0, 0.1) is 0 Å². The molecule has 2 nitrogen and oxygen atoms in total. The van der Waals surface area contributed by atoms with Crippen molar-refractivity contribution in [1.29, 1.82) is 0 Å². The van der Waals surface area contributed by atoms with E-state index in [9.17, 15) is 0 Å². The van der Waals surface area contributed by atoms with Crippen molar-refractivity contribution in [3.8, 4) is 5.75 Å². The van der Waals surface area contributed by atoms with Crippen LogP contribution >= 0.6 is 27.7 Å². The van der Waals surface area contributed by atoms with E-state index in [0.29, 0.717) is 11.3 Å². The molecule has 4 heteroatoms. The first-order chi connectivity index (χ1) is 7.69. The van der Waals surface area contributed by atoms with Crippen LogP contribution in [0.4, 0.5) is 0 Å². The number of benzene rings is 1. The molecule has 1 aliphatic heterocycles. The van der Waals surface area contributed by atoms with Crippen molar-refractivity contribution in [2.24, 2.45) is 0 Å². The average molecular weight is 302 g/mol. The molecular weight excluding hydrogens is 286 g/mol. The van der Waals surface area contributed by atoms with Crippen molar-refractivity contribution in [3.05, 3.63) is 27.7 Å². The van der Waals surface area contributed by atoms with E-state index in [1.807, 2.05) is 24.9 Å². The van der Waals surface area contributed by atoms with Crippen molar-refractivity contribution in [2.75, 3.05) is 14.2 Å². The number of rotatable bonds is 2. The number of hydrogen-bond acceptors (Lipinski definition) is 3. The van der Waals surface area contributed by atoms with Gasteiger partial charge >= 0.3 is 0 Å². The lowest BCUT2D eigenvalue weighted by Crippen LogP contribution is -2.30. The minimum Gasteiger partial charge on any atom is -0.496 e. The molecule has 1 heterocycles. The van der Waals surface area contributed by atoms with E-state index in [0.717, 1.165) is 11.5 Å². The van der Waals surface area contributed by atoms with E-state index in [1.165, 1.54) is 15.6 Å². The fourth-order valence-electron chi connectivity index (χ4n) is 2.21. The second-order valence-corrected chi connectivity index (χ2v) is 6.14. The van der Waals surface area contributed by atoms with Crippen LogP contribution in [0.2, 0.25) is 0 Å². The van der Waals surface area contributed by atoms with Crippen LogP contribution in [0.15, 0.2) is 16.6 Å². The third kappa shape index (κ3) is 1.98. The maximum atomic E-state index is 5.48. The molecule has 2 atom stereocenters. The fraction of sp³-hybridized carbons (Fsp3) is 0.500. The molecule has 1 aliphatic rings. The first-order valence-electron chi connectivity index (χ1n) is 5.33. The Morgan fingerprint density at radius 2 is 2.25 bits per heavy atom. The van der Waals surface area contributed by atoms with E-state index < -0.39 is 0 Å². The molecule has 0 fully saturated rings. The minimum absolute atomic E-state index is 0.362. The molecule has 0 aromatic heterocycles. The zero-order valence-electron chi connectivity index (χ0n) is 9.71. The van der Waals surface area contributed by atoms with Crippen molar-refractivity contribution < 1.29 is 4.74 Å². The van der Waals surface area contributed by atoms with Gasteiger partial charge in [0.1, 0.15) is 5.75 Å². The third-order valence-electron chi connectivity index (χ3n) is 3.06. The largest absolute Gasteiger partial charge is 0.496 e. The lowest BCUT2D eigenvalue weighted by Gasteiger charge is -2.32. The van der Waals surface area contributed by atoms with Gasteiger partial charge in [0.05, 0.1) is 7.11 Å². The Morgan fingerprint density at radius 3 is 2.88 bits per heavy atom. The molecule has 0 spiro atoms. The smallest absolute Gasteiger partial charge is 0.124 e. The van der Waals surface area contributed by atoms with Crippen molar-refractivity contribution in [3.63, 3.8) is 0 Å². The Balaban J connectivity index is 2.57. The summed E-state index contributed by atoms with van der Waals surface area (Å²) >= 11 is 5.60. The summed E-state index contributed by atoms with van der Waals surface area (Å²) in [5, 5.41) is 3.96. The fourth-order valence-corrected chi connectivity index (χ4v) is 4.08. The zero-order chi connectivity index (χ0) is 11.7. The van der Waals surface area contributed by atoms with Gasteiger partial charge in [-0.25, -0.2) is 0 Å². The van der Waals surface area contributed by atoms with E-state index in [1.54, 1.807) is 7.11 Å². The molecule has 88 valence electrons. The van der Waals surface area contributed by atoms with E-state index in [4.69, 9.17) is 4.74 Å². The first kappa shape index (κ1) is 12.3. The Morgan fingerprint density at radius 1 is 1.50 bits per heavy atom. The topological polar surface area (TPSA) is 21.3 Å². The average Bonchev–Trinajstić information content (AvgIpc) is 2.29. The number of nitrogens with one attached hydrogen (secondary N) is 1. The molecule has 0 aliphatic carbocycles. The summed E-state index contributed by atoms with van der Waals surface area (Å²) in [6.45, 7) is 2.26. The quantitative estimate of drug-likeness (QED) is 0.905. The molecule has 16 heavy (non-hydrogen) atoms. The van der Waals surface area contributed by atoms with Crippen LogP contribution in [-0.4, -0.2) is 19.4 Å². The highest BCUT2D eigenvalue weighted by atomic mass is 79.9. The molecule has 0 amide bonds. The summed E-state index contributed by atoms with van der Waals surface area (Å²) in [7, 11) is 3.75. The lowest BCUT2D eigenvalue weighted by molar-refractivity contribution is 0.399. The number of hydrogen-bond donors (Lipinski definition) is 1. The zero-order valence-corrected chi connectivity index (χ0v) is 12.1. The second kappa shape index (κ2) is 4.98. The summed E-state index contributed by atoms with van der Waals surface area (Å²) < 4.78 is 6.66. The van der Waals surface area contributed by atoms with Gasteiger partial charge in [-0.05, 0) is 24.7 Å². The Hall–Kier alpha value is -0.190. The molecule has 0 bridgehead atoms. The van der Waals surface area contributed by atoms with Gasteiger partial charge < -0.3 is 10.1 Å². The van der Waals surface area contributed by atoms with Gasteiger partial charge in [-0.15, -0.1) is 0 Å². The molecule has 2 rings (SSSR count). The van der Waals surface area contributed by atoms with Crippen LogP contribution in [0.1, 0.15) is 24.1 Å². The lowest BCUT2D eigenvalue weighted by atomic mass is 9.97. The van der Waals surface area contributed by atoms with E-state index in [-0.39, 0.29) is 0 Å². The van der Waals surface area contributed by atoms with Gasteiger partial charge in [0.2, 0.25) is 0 Å². The molecule has 1 aromatic rings. The number of halogens is 1. The Labute approximate surface area is 109 Å². The summed E-state index contributed by atoms with van der Waals surface area (Å²) in [5.41, 5.74) is 2.67. The molecular formula is C12H16BrNOS. The van der Waals surface area contributed by atoms with Crippen LogP contribution in [0.3, 0.4) is 0 Å². The van der Waals surface area contributed by atoms with Crippen molar-refractivity contribution in [1.82, 2.24) is 5.32 Å². The SMILES string of the molecule is CNC1c2c(OC)ccc(Br)c2CSC1C. The number of thioether (sulfide) groups is 1. The highest BCUT2D eigenvalue weighted by Gasteiger charge is 2.30. The van der Waals surface area contributed by atoms with Crippen LogP contribution in [0.25, 0.3) is 0 Å². The standard InChI is InChI=1S/C12H16BrNOS/c1-7-12(14-2)11-8(6-16-7)9(13)4-5-10(11)15-3/h4-5,7,12,14H,6H2,1-3H3. The Kier molecular flexibility index (Phi) is 3.82. The monoisotopic (exact) mass is 301 g/mol. The molecule has 0 radical (unpaired) electrons. The van der Waals surface area contributed by atoms with Gasteiger partial charge in [-0.1, -0.05) is 22.9 Å². The third-order valence-corrected chi connectivity index (χ3v) is 5.06. The molecule has 0 saturated heterocycles. The Bertz CT molecular complexity index is 397. The molecule has 2 unspecified atom stereocenters. The molecule has 0 saturated carbocycles. The molecule has 1 N–H and O–H groups in total. The minimum atomic E-state index is 0.362. The van der Waals surface area contributed by atoms with E-state index >= 15 is 0 Å². The van der Waals surface area contributed by atoms with Gasteiger partial charge in [-0.2, -0.15) is 11.8 Å². The first-order valence-corrected chi connectivity index (χ1v) is 7.17. The maximum Gasteiger partial charge on any atom is 0.124 e. The number of ether oxygens (including phenoxy) is 1. The highest BCUT2D eigenvalue weighted by Crippen LogP contribution is 2.44. The van der Waals surface area contributed by atoms with Gasteiger partial charge in [0.25, 0.3) is 0 Å². The highest BCUT2D eigenvalue weighted by molar-refractivity contribution is 9.10. The maximum absolute atomic E-state index is 5.48. The van der Waals surface area contributed by atoms with E-state index in [2.05, 4.69) is 34.2 Å². The summed E-state index contributed by atoms with van der Waals surface area (Å²) in [6.07, 6.45) is 0.